The molecule has 22 heavy (non-hydrogen) atoms. The van der Waals surface area contributed by atoms with E-state index in [0.29, 0.717) is 5.56 Å². The summed E-state index contributed by atoms with van der Waals surface area (Å²) < 4.78 is 4.70. The van der Waals surface area contributed by atoms with Crippen LogP contribution in [-0.2, 0) is 9.53 Å². The molecule has 2 rings (SSSR count). The number of ether oxygens (including phenoxy) is 1. The minimum Gasteiger partial charge on any atom is -0.467 e. The van der Waals surface area contributed by atoms with E-state index >= 15 is 0 Å². The van der Waals surface area contributed by atoms with E-state index in [-0.39, 0.29) is 5.91 Å². The molecule has 0 aromatic heterocycles. The van der Waals surface area contributed by atoms with Crippen molar-refractivity contribution >= 4 is 11.9 Å². The van der Waals surface area contributed by atoms with Crippen molar-refractivity contribution in [3.05, 3.63) is 60.2 Å². The normalized spacial score (nSPS) is 11.6. The first kappa shape index (κ1) is 15.8. The summed E-state index contributed by atoms with van der Waals surface area (Å²) in [6, 6.07) is 16.4. The molecule has 0 heterocycles. The van der Waals surface area contributed by atoms with E-state index in [4.69, 9.17) is 4.74 Å². The van der Waals surface area contributed by atoms with Gasteiger partial charge in [0.15, 0.2) is 0 Å². The molecule has 1 atom stereocenters. The highest BCUT2D eigenvalue weighted by molar-refractivity contribution is 6.02. The zero-order valence-electron chi connectivity index (χ0n) is 12.9. The van der Waals surface area contributed by atoms with Crippen LogP contribution in [0.2, 0.25) is 0 Å². The third-order valence-electron chi connectivity index (χ3n) is 3.69. The molecule has 0 radical (unpaired) electrons. The number of likely N-dealkylation sites (N-methyl/N-ethyl adjacent to an activating group) is 1. The molecule has 0 aliphatic rings. The van der Waals surface area contributed by atoms with Gasteiger partial charge in [-0.2, -0.15) is 0 Å². The zero-order valence-corrected chi connectivity index (χ0v) is 12.9. The first-order valence-electron chi connectivity index (χ1n) is 7.05. The van der Waals surface area contributed by atoms with E-state index in [2.05, 4.69) is 0 Å². The molecule has 1 unspecified atom stereocenters. The van der Waals surface area contributed by atoms with Crippen LogP contribution in [0.3, 0.4) is 0 Å². The summed E-state index contributed by atoms with van der Waals surface area (Å²) in [4.78, 5) is 25.7. The zero-order chi connectivity index (χ0) is 16.1. The van der Waals surface area contributed by atoms with E-state index in [1.807, 2.05) is 48.5 Å². The number of carbonyl (C=O) groups excluding carboxylic acids is 2. The second kappa shape index (κ2) is 6.89. The first-order chi connectivity index (χ1) is 10.6. The summed E-state index contributed by atoms with van der Waals surface area (Å²) in [6.07, 6.45) is 0. The molecule has 4 nitrogen and oxygen atoms in total. The van der Waals surface area contributed by atoms with Crippen molar-refractivity contribution in [2.45, 2.75) is 13.0 Å². The van der Waals surface area contributed by atoms with E-state index in [0.717, 1.165) is 11.1 Å². The molecule has 0 aliphatic heterocycles. The molecule has 0 saturated carbocycles. The van der Waals surface area contributed by atoms with Crippen molar-refractivity contribution < 1.29 is 14.3 Å². The van der Waals surface area contributed by atoms with Crippen LogP contribution in [0.15, 0.2) is 54.6 Å². The Balaban J connectivity index is 2.37. The number of rotatable bonds is 4. The van der Waals surface area contributed by atoms with Crippen LogP contribution in [0.1, 0.15) is 17.3 Å². The summed E-state index contributed by atoms with van der Waals surface area (Å²) in [6.45, 7) is 1.65. The minimum absolute atomic E-state index is 0.211. The highest BCUT2D eigenvalue weighted by Crippen LogP contribution is 2.24. The number of nitrogens with zero attached hydrogens (tertiary/aromatic N) is 1. The third-order valence-corrected chi connectivity index (χ3v) is 3.69. The van der Waals surface area contributed by atoms with Crippen molar-refractivity contribution in [1.29, 1.82) is 0 Å². The molecule has 0 bridgehead atoms. The van der Waals surface area contributed by atoms with Crippen LogP contribution in [-0.4, -0.2) is 37.0 Å². The van der Waals surface area contributed by atoms with Crippen molar-refractivity contribution in [1.82, 2.24) is 4.90 Å². The second-order valence-corrected chi connectivity index (χ2v) is 5.03. The fourth-order valence-electron chi connectivity index (χ4n) is 2.23. The Bertz CT molecular complexity index is 667. The molecule has 0 saturated heterocycles. The maximum atomic E-state index is 12.7. The number of hydrogen-bond donors (Lipinski definition) is 0. The lowest BCUT2D eigenvalue weighted by molar-refractivity contribution is -0.144. The SMILES string of the molecule is COC(=O)C(C)N(C)C(=O)c1ccccc1-c1ccccc1. The molecule has 114 valence electrons. The number of amides is 1. The number of esters is 1. The Kier molecular flexibility index (Phi) is 4.94. The monoisotopic (exact) mass is 297 g/mol. The lowest BCUT2D eigenvalue weighted by Gasteiger charge is -2.24. The minimum atomic E-state index is -0.638. The summed E-state index contributed by atoms with van der Waals surface area (Å²) in [5.74, 6) is -0.648. The maximum absolute atomic E-state index is 12.7. The van der Waals surface area contributed by atoms with Gasteiger partial charge in [-0.3, -0.25) is 4.79 Å². The van der Waals surface area contributed by atoms with Gasteiger partial charge in [-0.1, -0.05) is 48.5 Å². The van der Waals surface area contributed by atoms with Gasteiger partial charge in [-0.15, -0.1) is 0 Å². The fraction of sp³-hybridized carbons (Fsp3) is 0.222. The maximum Gasteiger partial charge on any atom is 0.328 e. The predicted molar refractivity (Wildman–Crippen MR) is 85.4 cm³/mol. The molecule has 0 spiro atoms. The van der Waals surface area contributed by atoms with Gasteiger partial charge >= 0.3 is 5.97 Å². The topological polar surface area (TPSA) is 46.6 Å². The molecule has 2 aromatic carbocycles. The van der Waals surface area contributed by atoms with Crippen molar-refractivity contribution in [3.8, 4) is 11.1 Å². The van der Waals surface area contributed by atoms with Gasteiger partial charge in [0.1, 0.15) is 6.04 Å². The fourth-order valence-corrected chi connectivity index (χ4v) is 2.23. The van der Waals surface area contributed by atoms with Crippen molar-refractivity contribution in [2.75, 3.05) is 14.2 Å². The summed E-state index contributed by atoms with van der Waals surface area (Å²) in [7, 11) is 2.92. The average molecular weight is 297 g/mol. The van der Waals surface area contributed by atoms with Gasteiger partial charge in [-0.05, 0) is 24.1 Å². The van der Waals surface area contributed by atoms with Crippen LogP contribution in [0, 0.1) is 0 Å². The third kappa shape index (κ3) is 3.17. The number of methoxy groups -OCH3 is 1. The lowest BCUT2D eigenvalue weighted by atomic mass is 9.98. The van der Waals surface area contributed by atoms with Gasteiger partial charge in [-0.25, -0.2) is 4.79 Å². The first-order valence-corrected chi connectivity index (χ1v) is 7.05. The van der Waals surface area contributed by atoms with E-state index in [1.54, 1.807) is 20.0 Å². The van der Waals surface area contributed by atoms with E-state index < -0.39 is 12.0 Å². The standard InChI is InChI=1S/C18H19NO3/c1-13(18(21)22-3)19(2)17(20)16-12-8-7-11-15(16)14-9-5-4-6-10-14/h4-13H,1-3H3. The predicted octanol–water partition coefficient (Wildman–Crippen LogP) is 2.99. The molecule has 4 heteroatoms. The number of carbonyl (C=O) groups is 2. The van der Waals surface area contributed by atoms with Crippen LogP contribution in [0.4, 0.5) is 0 Å². The van der Waals surface area contributed by atoms with Gasteiger partial charge in [0.05, 0.1) is 7.11 Å². The van der Waals surface area contributed by atoms with Crippen LogP contribution in [0.5, 0.6) is 0 Å². The van der Waals surface area contributed by atoms with Crippen LogP contribution >= 0.6 is 0 Å². The van der Waals surface area contributed by atoms with Crippen LogP contribution in [0.25, 0.3) is 11.1 Å². The Morgan fingerprint density at radius 1 is 1.00 bits per heavy atom. The Labute approximate surface area is 130 Å². The highest BCUT2D eigenvalue weighted by atomic mass is 16.5. The highest BCUT2D eigenvalue weighted by Gasteiger charge is 2.25. The Hall–Kier alpha value is -2.62. The number of benzene rings is 2. The number of hydrogen-bond acceptors (Lipinski definition) is 3. The smallest absolute Gasteiger partial charge is 0.328 e. The molecule has 0 fully saturated rings. The molecule has 0 N–H and O–H groups in total. The summed E-state index contributed by atoms with van der Waals surface area (Å²) in [5, 5.41) is 0. The Morgan fingerprint density at radius 3 is 2.23 bits per heavy atom. The molecular weight excluding hydrogens is 278 g/mol. The lowest BCUT2D eigenvalue weighted by Crippen LogP contribution is -2.41. The van der Waals surface area contributed by atoms with E-state index in [1.165, 1.54) is 12.0 Å². The second-order valence-electron chi connectivity index (χ2n) is 5.03. The van der Waals surface area contributed by atoms with Gasteiger partial charge in [0.25, 0.3) is 5.91 Å². The van der Waals surface area contributed by atoms with Crippen molar-refractivity contribution in [2.24, 2.45) is 0 Å². The molecular formula is C18H19NO3. The van der Waals surface area contributed by atoms with Gasteiger partial charge in [0, 0.05) is 12.6 Å². The summed E-state index contributed by atoms with van der Waals surface area (Å²) in [5.41, 5.74) is 2.37. The largest absolute Gasteiger partial charge is 0.467 e. The molecule has 0 aliphatic carbocycles. The van der Waals surface area contributed by atoms with E-state index in [9.17, 15) is 9.59 Å². The molecule has 1 amide bonds. The quantitative estimate of drug-likeness (QED) is 0.815. The van der Waals surface area contributed by atoms with Crippen LogP contribution < -0.4 is 0 Å². The summed E-state index contributed by atoms with van der Waals surface area (Å²) >= 11 is 0. The molecule has 2 aromatic rings. The average Bonchev–Trinajstić information content (AvgIpc) is 2.59. The Morgan fingerprint density at radius 2 is 1.59 bits per heavy atom. The van der Waals surface area contributed by atoms with Gasteiger partial charge in [0.2, 0.25) is 0 Å². The van der Waals surface area contributed by atoms with Crippen molar-refractivity contribution in [3.63, 3.8) is 0 Å². The van der Waals surface area contributed by atoms with Gasteiger partial charge < -0.3 is 9.64 Å².